The lowest BCUT2D eigenvalue weighted by Gasteiger charge is -2.07. The molecular weight excluding hydrogens is 120 g/mol. The number of rotatable bonds is 1. The Morgan fingerprint density at radius 3 is 2.20 bits per heavy atom. The van der Waals surface area contributed by atoms with Gasteiger partial charge < -0.3 is 0 Å². The third-order valence-corrected chi connectivity index (χ3v) is 1.81. The molecule has 0 aliphatic carbocycles. The van der Waals surface area contributed by atoms with Crippen LogP contribution >= 0.6 is 0 Å². The van der Waals surface area contributed by atoms with Gasteiger partial charge in [0, 0.05) is 1.43 Å². The predicted molar refractivity (Wildman–Crippen MR) is 47.4 cm³/mol. The molecular formula is C10H16. The largest absolute Gasteiger partial charge is 0.0620 e. The van der Waals surface area contributed by atoms with Gasteiger partial charge in [-0.3, -0.25) is 0 Å². The average Bonchev–Trinajstić information content (AvgIpc) is 1.88. The number of benzene rings is 1. The first-order chi connectivity index (χ1) is 4.72. The van der Waals surface area contributed by atoms with E-state index < -0.39 is 0 Å². The molecule has 0 nitrogen and oxygen atoms in total. The molecule has 1 rings (SSSR count). The van der Waals surface area contributed by atoms with Gasteiger partial charge in [-0.1, -0.05) is 38.1 Å². The van der Waals surface area contributed by atoms with E-state index in [2.05, 4.69) is 45.0 Å². The van der Waals surface area contributed by atoms with Gasteiger partial charge in [0.25, 0.3) is 0 Å². The minimum Gasteiger partial charge on any atom is -0.0620 e. The van der Waals surface area contributed by atoms with Gasteiger partial charge in [0.15, 0.2) is 0 Å². The Labute approximate surface area is 64.4 Å². The van der Waals surface area contributed by atoms with Gasteiger partial charge in [-0.2, -0.15) is 0 Å². The van der Waals surface area contributed by atoms with Crippen molar-refractivity contribution >= 4 is 0 Å². The van der Waals surface area contributed by atoms with Gasteiger partial charge in [-0.15, -0.1) is 0 Å². The lowest BCUT2D eigenvalue weighted by molar-refractivity contribution is 0.856. The zero-order chi connectivity index (χ0) is 7.56. The second-order valence-corrected chi connectivity index (χ2v) is 3.01. The highest BCUT2D eigenvalue weighted by Gasteiger charge is 1.99. The van der Waals surface area contributed by atoms with Crippen molar-refractivity contribution in [3.8, 4) is 0 Å². The van der Waals surface area contributed by atoms with Crippen LogP contribution in [0.2, 0.25) is 0 Å². The highest BCUT2D eigenvalue weighted by Crippen LogP contribution is 2.17. The highest BCUT2D eigenvalue weighted by molar-refractivity contribution is 5.27. The zero-order valence-electron chi connectivity index (χ0n) is 6.89. The van der Waals surface area contributed by atoms with Gasteiger partial charge >= 0.3 is 0 Å². The maximum absolute atomic E-state index is 2.22. The van der Waals surface area contributed by atoms with Crippen LogP contribution in [0.4, 0.5) is 0 Å². The molecule has 0 heteroatoms. The van der Waals surface area contributed by atoms with E-state index in [1.54, 1.807) is 0 Å². The Balaban J connectivity index is 0.000001000. The average molecular weight is 136 g/mol. The Bertz CT molecular complexity index is 216. The predicted octanol–water partition coefficient (Wildman–Crippen LogP) is 3.36. The fourth-order valence-corrected chi connectivity index (χ4v) is 1.23. The van der Waals surface area contributed by atoms with Crippen molar-refractivity contribution in [3.05, 3.63) is 35.4 Å². The molecule has 1 aromatic carbocycles. The van der Waals surface area contributed by atoms with Crippen molar-refractivity contribution < 1.29 is 1.43 Å². The molecule has 0 N–H and O–H groups in total. The van der Waals surface area contributed by atoms with E-state index in [9.17, 15) is 0 Å². The first-order valence-corrected chi connectivity index (χ1v) is 3.77. The molecule has 0 bridgehead atoms. The van der Waals surface area contributed by atoms with Crippen molar-refractivity contribution in [1.29, 1.82) is 0 Å². The summed E-state index contributed by atoms with van der Waals surface area (Å²) in [6.45, 7) is 6.61. The molecule has 10 heavy (non-hydrogen) atoms. The normalized spacial score (nSPS) is 10.4. The van der Waals surface area contributed by atoms with Gasteiger partial charge in [0.2, 0.25) is 0 Å². The van der Waals surface area contributed by atoms with Crippen LogP contribution in [0, 0.1) is 6.92 Å². The fraction of sp³-hybridized carbons (Fsp3) is 0.400. The van der Waals surface area contributed by atoms with Gasteiger partial charge in [-0.05, 0) is 24.0 Å². The van der Waals surface area contributed by atoms with Crippen LogP contribution in [0.15, 0.2) is 24.3 Å². The summed E-state index contributed by atoms with van der Waals surface area (Å²) >= 11 is 0. The molecule has 0 aliphatic rings. The number of hydrogen-bond acceptors (Lipinski definition) is 0. The van der Waals surface area contributed by atoms with E-state index in [0.29, 0.717) is 5.92 Å². The van der Waals surface area contributed by atoms with Gasteiger partial charge in [0.1, 0.15) is 0 Å². The summed E-state index contributed by atoms with van der Waals surface area (Å²) < 4.78 is 0. The van der Waals surface area contributed by atoms with Crippen LogP contribution in [-0.2, 0) is 0 Å². The molecule has 0 aliphatic heterocycles. The molecule has 0 spiro atoms. The zero-order valence-corrected chi connectivity index (χ0v) is 6.89. The van der Waals surface area contributed by atoms with Crippen LogP contribution in [0.1, 0.15) is 32.3 Å². The molecule has 0 heterocycles. The molecule has 0 saturated carbocycles. The maximum atomic E-state index is 2.22. The molecule has 0 aromatic heterocycles. The van der Waals surface area contributed by atoms with Crippen molar-refractivity contribution in [2.75, 3.05) is 0 Å². The third kappa shape index (κ3) is 1.38. The van der Waals surface area contributed by atoms with E-state index >= 15 is 0 Å². The van der Waals surface area contributed by atoms with E-state index in [0.717, 1.165) is 0 Å². The molecule has 1 aromatic rings. The summed E-state index contributed by atoms with van der Waals surface area (Å²) in [6, 6.07) is 8.54. The van der Waals surface area contributed by atoms with Gasteiger partial charge in [0.05, 0.1) is 0 Å². The summed E-state index contributed by atoms with van der Waals surface area (Å²) in [5, 5.41) is 0. The Hall–Kier alpha value is -0.780. The van der Waals surface area contributed by atoms with Crippen LogP contribution in [0.25, 0.3) is 0 Å². The molecule has 0 radical (unpaired) electrons. The second kappa shape index (κ2) is 2.87. The van der Waals surface area contributed by atoms with Crippen molar-refractivity contribution in [1.82, 2.24) is 0 Å². The number of aryl methyl sites for hydroxylation is 1. The quantitative estimate of drug-likeness (QED) is 0.555. The smallest absolute Gasteiger partial charge is 0 e. The van der Waals surface area contributed by atoms with Crippen molar-refractivity contribution in [2.45, 2.75) is 26.7 Å². The summed E-state index contributed by atoms with van der Waals surface area (Å²) in [4.78, 5) is 0. The van der Waals surface area contributed by atoms with Crippen molar-refractivity contribution in [2.24, 2.45) is 0 Å². The lowest BCUT2D eigenvalue weighted by Crippen LogP contribution is -1.89. The van der Waals surface area contributed by atoms with Crippen LogP contribution in [-0.4, -0.2) is 0 Å². The highest BCUT2D eigenvalue weighted by atomic mass is 14.0. The fourth-order valence-electron chi connectivity index (χ4n) is 1.23. The second-order valence-electron chi connectivity index (χ2n) is 3.01. The van der Waals surface area contributed by atoms with Crippen LogP contribution < -0.4 is 0 Å². The van der Waals surface area contributed by atoms with Gasteiger partial charge in [-0.25, -0.2) is 0 Å². The Morgan fingerprint density at radius 1 is 1.20 bits per heavy atom. The summed E-state index contributed by atoms with van der Waals surface area (Å²) in [7, 11) is 0. The van der Waals surface area contributed by atoms with E-state index in [-0.39, 0.29) is 1.43 Å². The minimum absolute atomic E-state index is 0. The van der Waals surface area contributed by atoms with E-state index in [1.807, 2.05) is 0 Å². The Kier molecular flexibility index (Phi) is 2.10. The lowest BCUT2D eigenvalue weighted by atomic mass is 9.99. The van der Waals surface area contributed by atoms with E-state index in [1.165, 1.54) is 11.1 Å². The SMILES string of the molecule is Cc1ccccc1C(C)C.[HH]. The van der Waals surface area contributed by atoms with Crippen LogP contribution in [0.5, 0.6) is 0 Å². The summed E-state index contributed by atoms with van der Waals surface area (Å²) in [6.07, 6.45) is 0. The Morgan fingerprint density at radius 2 is 1.80 bits per heavy atom. The first kappa shape index (κ1) is 7.33. The molecule has 0 atom stereocenters. The maximum Gasteiger partial charge on any atom is 0 e. The van der Waals surface area contributed by atoms with Crippen LogP contribution in [0.3, 0.4) is 0 Å². The third-order valence-electron chi connectivity index (χ3n) is 1.81. The van der Waals surface area contributed by atoms with E-state index in [4.69, 9.17) is 0 Å². The molecule has 56 valence electrons. The summed E-state index contributed by atoms with van der Waals surface area (Å²) in [5.74, 6) is 0.654. The van der Waals surface area contributed by atoms with Crippen molar-refractivity contribution in [3.63, 3.8) is 0 Å². The minimum atomic E-state index is 0. The molecule has 0 unspecified atom stereocenters. The molecule has 0 fully saturated rings. The molecule has 0 amide bonds. The molecule has 0 saturated heterocycles. The monoisotopic (exact) mass is 136 g/mol. The topological polar surface area (TPSA) is 0 Å². The standard InChI is InChI=1S/C10H14.H2/c1-8(2)10-7-5-4-6-9(10)3;/h4-8H,1-3H3;1H. The number of hydrogen-bond donors (Lipinski definition) is 0. The summed E-state index contributed by atoms with van der Waals surface area (Å²) in [5.41, 5.74) is 2.86. The first-order valence-electron chi connectivity index (χ1n) is 3.77.